The Balaban J connectivity index is 1.62. The zero-order chi connectivity index (χ0) is 24.1. The minimum Gasteiger partial charge on any atom is -0.497 e. The molecule has 0 radical (unpaired) electrons. The molecule has 0 saturated heterocycles. The van der Waals surface area contributed by atoms with Crippen LogP contribution in [0, 0.1) is 0 Å². The summed E-state index contributed by atoms with van der Waals surface area (Å²) in [6.45, 7) is 2.05. The number of anilines is 2. The predicted octanol–water partition coefficient (Wildman–Crippen LogP) is 2.03. The first kappa shape index (κ1) is 22.5. The second-order valence-electron chi connectivity index (χ2n) is 7.33. The molecule has 0 saturated carbocycles. The monoisotopic (exact) mass is 461 g/mol. The predicted molar refractivity (Wildman–Crippen MR) is 125 cm³/mol. The number of ether oxygens (including phenoxy) is 1. The van der Waals surface area contributed by atoms with E-state index in [2.05, 4.69) is 31.2 Å². The molecule has 4 aromatic rings. The number of nitrogens with one attached hydrogen (secondary N) is 1. The maximum atomic E-state index is 13.0. The molecular weight excluding hydrogens is 438 g/mol. The molecule has 3 N–H and O–H groups in total. The largest absolute Gasteiger partial charge is 0.497 e. The first-order valence-corrected chi connectivity index (χ1v) is 10.3. The third kappa shape index (κ3) is 4.70. The van der Waals surface area contributed by atoms with Crippen molar-refractivity contribution < 1.29 is 14.2 Å². The van der Waals surface area contributed by atoms with Gasteiger partial charge in [0.2, 0.25) is 11.6 Å². The molecule has 0 unspecified atom stereocenters. The highest BCUT2D eigenvalue weighted by atomic mass is 16.6. The highest BCUT2D eigenvalue weighted by Gasteiger charge is 2.25. The molecule has 0 aliphatic carbocycles. The van der Waals surface area contributed by atoms with Gasteiger partial charge in [-0.2, -0.15) is 9.78 Å². The summed E-state index contributed by atoms with van der Waals surface area (Å²) in [5.41, 5.74) is 11.3. The highest BCUT2D eigenvalue weighted by molar-refractivity contribution is 6.00. The number of methoxy groups -OCH3 is 1. The molecule has 0 aliphatic heterocycles. The number of benzene rings is 2. The molecule has 2 aromatic carbocycles. The van der Waals surface area contributed by atoms with Gasteiger partial charge in [0.25, 0.3) is 5.91 Å². The number of nitrogens with two attached hydrogens (primary N) is 1. The Bertz CT molecular complexity index is 1300. The van der Waals surface area contributed by atoms with E-state index in [1.807, 2.05) is 66.5 Å². The zero-order valence-corrected chi connectivity index (χ0v) is 18.8. The summed E-state index contributed by atoms with van der Waals surface area (Å²) in [4.78, 5) is 15.0. The van der Waals surface area contributed by atoms with E-state index >= 15 is 0 Å². The number of rotatable bonds is 8. The van der Waals surface area contributed by atoms with Crippen molar-refractivity contribution >= 4 is 23.1 Å². The van der Waals surface area contributed by atoms with E-state index in [0.717, 1.165) is 17.0 Å². The molecular formula is C22H23N9O3. The van der Waals surface area contributed by atoms with Crippen molar-refractivity contribution in [2.45, 2.75) is 13.5 Å². The second-order valence-corrected chi connectivity index (χ2v) is 7.33. The SMILES string of the molecule is COc1ccc(/C(C)=N/NC(=O)c2nnn(-c3nonc3N)c2CN(C)c2ccccc2)cc1. The number of para-hydroxylation sites is 1. The van der Waals surface area contributed by atoms with Crippen LogP contribution in [0.3, 0.4) is 0 Å². The van der Waals surface area contributed by atoms with Crippen LogP contribution in [-0.2, 0) is 6.54 Å². The first-order chi connectivity index (χ1) is 16.5. The van der Waals surface area contributed by atoms with Crippen LogP contribution in [0.1, 0.15) is 28.7 Å². The molecule has 34 heavy (non-hydrogen) atoms. The summed E-state index contributed by atoms with van der Waals surface area (Å²) in [5.74, 6) is 0.353. The van der Waals surface area contributed by atoms with Crippen molar-refractivity contribution in [3.05, 3.63) is 71.5 Å². The topological polar surface area (TPSA) is 150 Å². The average Bonchev–Trinajstić information content (AvgIpc) is 3.48. The maximum Gasteiger partial charge on any atom is 0.293 e. The Morgan fingerprint density at radius 2 is 1.91 bits per heavy atom. The molecule has 0 fully saturated rings. The molecule has 0 bridgehead atoms. The molecule has 1 amide bonds. The van der Waals surface area contributed by atoms with Gasteiger partial charge in [0.05, 0.1) is 25.1 Å². The van der Waals surface area contributed by atoms with Crippen LogP contribution in [0.15, 0.2) is 64.3 Å². The van der Waals surface area contributed by atoms with E-state index in [9.17, 15) is 4.79 Å². The van der Waals surface area contributed by atoms with E-state index in [1.54, 1.807) is 14.0 Å². The number of hydrazone groups is 1. The Morgan fingerprint density at radius 1 is 1.18 bits per heavy atom. The summed E-state index contributed by atoms with van der Waals surface area (Å²) in [5, 5.41) is 19.7. The number of amides is 1. The lowest BCUT2D eigenvalue weighted by molar-refractivity contribution is 0.0948. The van der Waals surface area contributed by atoms with Gasteiger partial charge >= 0.3 is 0 Å². The number of carbonyl (C=O) groups is 1. The lowest BCUT2D eigenvalue weighted by Crippen LogP contribution is -2.25. The van der Waals surface area contributed by atoms with Gasteiger partial charge < -0.3 is 15.4 Å². The van der Waals surface area contributed by atoms with Crippen molar-refractivity contribution in [3.63, 3.8) is 0 Å². The summed E-state index contributed by atoms with van der Waals surface area (Å²) in [6.07, 6.45) is 0. The fourth-order valence-electron chi connectivity index (χ4n) is 3.21. The molecule has 174 valence electrons. The maximum absolute atomic E-state index is 13.0. The van der Waals surface area contributed by atoms with Crippen molar-refractivity contribution in [2.75, 3.05) is 24.8 Å². The Kier molecular flexibility index (Phi) is 6.48. The van der Waals surface area contributed by atoms with Gasteiger partial charge in [-0.25, -0.2) is 10.1 Å². The number of carbonyl (C=O) groups excluding carboxylic acids is 1. The van der Waals surface area contributed by atoms with Crippen LogP contribution in [-0.4, -0.2) is 51.1 Å². The lowest BCUT2D eigenvalue weighted by Gasteiger charge is -2.19. The van der Waals surface area contributed by atoms with Gasteiger partial charge in [0, 0.05) is 12.7 Å². The fraction of sp³-hybridized carbons (Fsp3) is 0.182. The summed E-state index contributed by atoms with van der Waals surface area (Å²) >= 11 is 0. The van der Waals surface area contributed by atoms with Gasteiger partial charge in [-0.15, -0.1) is 5.10 Å². The van der Waals surface area contributed by atoms with Gasteiger partial charge in [0.15, 0.2) is 5.69 Å². The van der Waals surface area contributed by atoms with Crippen molar-refractivity contribution in [3.8, 4) is 11.6 Å². The van der Waals surface area contributed by atoms with Crippen LogP contribution in [0.2, 0.25) is 0 Å². The molecule has 0 atom stereocenters. The van der Waals surface area contributed by atoms with Crippen molar-refractivity contribution in [1.82, 2.24) is 30.7 Å². The Morgan fingerprint density at radius 3 is 2.56 bits per heavy atom. The molecule has 0 aliphatic rings. The van der Waals surface area contributed by atoms with E-state index < -0.39 is 5.91 Å². The first-order valence-electron chi connectivity index (χ1n) is 10.3. The number of hydrogen-bond donors (Lipinski definition) is 2. The van der Waals surface area contributed by atoms with Crippen LogP contribution < -0.4 is 20.8 Å². The van der Waals surface area contributed by atoms with E-state index in [-0.39, 0.29) is 23.9 Å². The highest BCUT2D eigenvalue weighted by Crippen LogP contribution is 2.20. The Hall–Kier alpha value is -4.74. The van der Waals surface area contributed by atoms with E-state index in [0.29, 0.717) is 11.4 Å². The number of aromatic nitrogens is 5. The third-order valence-electron chi connectivity index (χ3n) is 5.09. The van der Waals surface area contributed by atoms with Crippen LogP contribution in [0.25, 0.3) is 5.82 Å². The molecule has 4 rings (SSSR count). The molecule has 0 spiro atoms. The van der Waals surface area contributed by atoms with Gasteiger partial charge in [-0.3, -0.25) is 4.79 Å². The normalized spacial score (nSPS) is 11.3. The third-order valence-corrected chi connectivity index (χ3v) is 5.09. The lowest BCUT2D eigenvalue weighted by atomic mass is 10.1. The number of nitrogen functional groups attached to an aromatic ring is 1. The summed E-state index contributed by atoms with van der Waals surface area (Å²) in [7, 11) is 3.48. The molecule has 2 aromatic heterocycles. The molecule has 12 nitrogen and oxygen atoms in total. The van der Waals surface area contributed by atoms with Gasteiger partial charge in [-0.05, 0) is 59.2 Å². The van der Waals surface area contributed by atoms with E-state index in [1.165, 1.54) is 4.68 Å². The van der Waals surface area contributed by atoms with Gasteiger partial charge in [0.1, 0.15) is 5.75 Å². The summed E-state index contributed by atoms with van der Waals surface area (Å²) < 4.78 is 11.2. The molecule has 12 heteroatoms. The van der Waals surface area contributed by atoms with Gasteiger partial charge in [-0.1, -0.05) is 23.4 Å². The van der Waals surface area contributed by atoms with Crippen LogP contribution in [0.5, 0.6) is 5.75 Å². The quantitative estimate of drug-likeness (QED) is 0.297. The Labute approximate surface area is 195 Å². The molecule has 2 heterocycles. The van der Waals surface area contributed by atoms with Crippen molar-refractivity contribution in [1.29, 1.82) is 0 Å². The standard InChI is InChI=1S/C22H23N9O3/c1-14(15-9-11-17(33-3)12-10-15)24-26-22(32)19-18(13-30(2)16-7-5-4-6-8-16)31(29-25-19)21-20(23)27-34-28-21/h4-12H,13H2,1-3H3,(H2,23,27)(H,26,32)/b24-14+. The smallest absolute Gasteiger partial charge is 0.293 e. The minimum atomic E-state index is -0.536. The number of hydrogen-bond acceptors (Lipinski definition) is 10. The minimum absolute atomic E-state index is 0.0221. The van der Waals surface area contributed by atoms with Crippen molar-refractivity contribution in [2.24, 2.45) is 5.10 Å². The second kappa shape index (κ2) is 9.81. The fourth-order valence-corrected chi connectivity index (χ4v) is 3.21. The zero-order valence-electron chi connectivity index (χ0n) is 18.8. The van der Waals surface area contributed by atoms with Crippen LogP contribution >= 0.6 is 0 Å². The van der Waals surface area contributed by atoms with Crippen LogP contribution in [0.4, 0.5) is 11.5 Å². The summed E-state index contributed by atoms with van der Waals surface area (Å²) in [6, 6.07) is 17.0. The number of nitrogens with zero attached hydrogens (tertiary/aromatic N) is 7. The van der Waals surface area contributed by atoms with E-state index in [4.69, 9.17) is 15.1 Å². The average molecular weight is 461 g/mol.